The molecule has 0 bridgehead atoms. The first-order chi connectivity index (χ1) is 18.1. The molecule has 0 saturated heterocycles. The molecule has 1 aliphatic rings. The van der Waals surface area contributed by atoms with E-state index in [0.717, 1.165) is 17.3 Å². The van der Waals surface area contributed by atoms with E-state index in [9.17, 15) is 5.26 Å². The number of nitrogens with zero attached hydrogens (tertiary/aromatic N) is 6. The van der Waals surface area contributed by atoms with Gasteiger partial charge in [0, 0.05) is 0 Å². The van der Waals surface area contributed by atoms with E-state index in [4.69, 9.17) is 14.3 Å². The zero-order valence-corrected chi connectivity index (χ0v) is 21.9. The molecular weight excluding hydrogens is 534 g/mol. The van der Waals surface area contributed by atoms with Gasteiger partial charge in [-0.15, -0.1) is 0 Å². The second-order valence-corrected chi connectivity index (χ2v) is 9.83. The molecule has 10 heteroatoms. The van der Waals surface area contributed by atoms with Gasteiger partial charge in [-0.1, -0.05) is 0 Å². The van der Waals surface area contributed by atoms with Crippen LogP contribution < -0.4 is 9.22 Å². The molecule has 1 atom stereocenters. The van der Waals surface area contributed by atoms with Crippen molar-refractivity contribution in [2.45, 2.75) is 19.4 Å². The van der Waals surface area contributed by atoms with Gasteiger partial charge in [-0.25, -0.2) is 0 Å². The van der Waals surface area contributed by atoms with Crippen molar-refractivity contribution in [1.29, 1.82) is 5.26 Å². The Morgan fingerprint density at radius 3 is 2.76 bits per heavy atom. The van der Waals surface area contributed by atoms with Crippen molar-refractivity contribution in [2.75, 3.05) is 0 Å². The topological polar surface area (TPSA) is 103 Å². The van der Waals surface area contributed by atoms with Crippen LogP contribution in [-0.4, -0.2) is 41.6 Å². The molecule has 0 amide bonds. The number of rotatable bonds is 7. The normalized spacial score (nSPS) is 13.6. The molecule has 3 aromatic heterocycles. The predicted molar refractivity (Wildman–Crippen MR) is 137 cm³/mol. The number of allylic oxidation sites excluding steroid dienone is 2. The zero-order chi connectivity index (χ0) is 25.4. The van der Waals surface area contributed by atoms with Crippen LogP contribution in [0.2, 0.25) is 0 Å². The van der Waals surface area contributed by atoms with Crippen LogP contribution in [0.1, 0.15) is 24.5 Å². The van der Waals surface area contributed by atoms with Crippen LogP contribution in [0, 0.1) is 23.1 Å². The van der Waals surface area contributed by atoms with Gasteiger partial charge in [-0.2, -0.15) is 0 Å². The van der Waals surface area contributed by atoms with E-state index >= 15 is 4.39 Å². The standard InChI is InChI=1S/C27H20AsFN6O2/c28-25-23-24(21-9-8-19(11-22(21)29)36-18-4-2-1-3-5-18)34-35(26(23)33-15-32-25)14-20-13-31-27(37-20)17(12-30)10-16-6-7-16/h1-5,8-11,13,15-16H,6-7,14,28H2/b17-10+. The van der Waals surface area contributed by atoms with Crippen LogP contribution in [0.15, 0.2) is 71.5 Å². The first kappa shape index (κ1) is 23.1. The summed E-state index contributed by atoms with van der Waals surface area (Å²) in [4.78, 5) is 13.0. The van der Waals surface area contributed by atoms with E-state index in [2.05, 4.69) is 21.0 Å². The maximum atomic E-state index is 15.3. The van der Waals surface area contributed by atoms with Crippen LogP contribution in [-0.2, 0) is 6.54 Å². The van der Waals surface area contributed by atoms with Crippen molar-refractivity contribution >= 4 is 37.9 Å². The number of benzene rings is 2. The number of fused-ring (bicyclic) bond motifs is 1. The molecule has 0 aliphatic heterocycles. The average Bonchev–Trinajstić information content (AvgIpc) is 3.48. The Bertz CT molecular complexity index is 1680. The van der Waals surface area contributed by atoms with Crippen molar-refractivity contribution in [3.63, 3.8) is 0 Å². The molecule has 1 unspecified atom stereocenters. The fourth-order valence-electron chi connectivity index (χ4n) is 4.01. The van der Waals surface area contributed by atoms with E-state index < -0.39 is 5.82 Å². The molecule has 5 aromatic rings. The van der Waals surface area contributed by atoms with Gasteiger partial charge in [-0.3, -0.25) is 0 Å². The molecule has 6 rings (SSSR count). The van der Waals surface area contributed by atoms with Gasteiger partial charge in [0.15, 0.2) is 0 Å². The Morgan fingerprint density at radius 1 is 1.16 bits per heavy atom. The fourth-order valence-corrected chi connectivity index (χ4v) is 4.71. The molecule has 0 radical (unpaired) electrons. The summed E-state index contributed by atoms with van der Waals surface area (Å²) in [5, 5.41) is 14.9. The summed E-state index contributed by atoms with van der Waals surface area (Å²) in [5.41, 5.74) is 1.74. The van der Waals surface area contributed by atoms with Gasteiger partial charge in [-0.05, 0) is 0 Å². The van der Waals surface area contributed by atoms with Crippen LogP contribution in [0.4, 0.5) is 4.39 Å². The third kappa shape index (κ3) is 4.76. The van der Waals surface area contributed by atoms with Crippen molar-refractivity contribution in [3.05, 3.63) is 84.6 Å². The zero-order valence-electron chi connectivity index (χ0n) is 19.5. The molecule has 1 aliphatic carbocycles. The number of hydrogen-bond acceptors (Lipinski definition) is 7. The Balaban J connectivity index is 1.34. The van der Waals surface area contributed by atoms with E-state index in [1.54, 1.807) is 35.1 Å². The van der Waals surface area contributed by atoms with Gasteiger partial charge >= 0.3 is 220 Å². The number of hydrogen-bond donors (Lipinski definition) is 0. The van der Waals surface area contributed by atoms with Crippen molar-refractivity contribution < 1.29 is 13.5 Å². The maximum absolute atomic E-state index is 15.3. The molecule has 2 aromatic carbocycles. The van der Waals surface area contributed by atoms with Gasteiger partial charge in [0.2, 0.25) is 0 Å². The van der Waals surface area contributed by atoms with Gasteiger partial charge in [0.1, 0.15) is 0 Å². The van der Waals surface area contributed by atoms with E-state index in [1.807, 2.05) is 24.3 Å². The molecule has 8 nitrogen and oxygen atoms in total. The number of halogens is 1. The monoisotopic (exact) mass is 554 g/mol. The molecule has 1 fully saturated rings. The Morgan fingerprint density at radius 2 is 2.00 bits per heavy atom. The van der Waals surface area contributed by atoms with Gasteiger partial charge in [0.25, 0.3) is 0 Å². The minimum atomic E-state index is -0.471. The molecular formula is C27H20AsFN6O2. The quantitative estimate of drug-likeness (QED) is 0.221. The van der Waals surface area contributed by atoms with Crippen LogP contribution >= 0.6 is 0 Å². The Kier molecular flexibility index (Phi) is 6.03. The minimum absolute atomic E-state index is 0.214. The molecule has 3 heterocycles. The molecule has 37 heavy (non-hydrogen) atoms. The van der Waals surface area contributed by atoms with Gasteiger partial charge < -0.3 is 0 Å². The summed E-state index contributed by atoms with van der Waals surface area (Å²) in [5.74, 6) is 1.75. The SMILES string of the molecule is N#C/C(=C\C1CC1)c1ncc(Cn2nc(-c3ccc(Oc4ccccc4)cc3F)c3c([AsH2])ncnc32)o1. The summed E-state index contributed by atoms with van der Waals surface area (Å²) < 4.78 is 29.4. The number of nitriles is 1. The first-order valence-electron chi connectivity index (χ1n) is 11.7. The predicted octanol–water partition coefficient (Wildman–Crippen LogP) is 4.04. The molecule has 1 saturated carbocycles. The summed E-state index contributed by atoms with van der Waals surface area (Å²) >= 11 is 1.29. The van der Waals surface area contributed by atoms with Gasteiger partial charge in [0.05, 0.1) is 0 Å². The third-order valence-electron chi connectivity index (χ3n) is 5.97. The first-order valence-corrected chi connectivity index (χ1v) is 12.9. The van der Waals surface area contributed by atoms with Crippen LogP contribution in [0.5, 0.6) is 11.5 Å². The summed E-state index contributed by atoms with van der Waals surface area (Å²) in [7, 11) is 0. The number of para-hydroxylation sites is 1. The molecule has 0 spiro atoms. The Hall–Kier alpha value is -4.28. The summed E-state index contributed by atoms with van der Waals surface area (Å²) in [6.07, 6.45) is 7.11. The third-order valence-corrected chi connectivity index (χ3v) is 6.89. The molecule has 182 valence electrons. The van der Waals surface area contributed by atoms with E-state index in [1.165, 1.54) is 29.2 Å². The van der Waals surface area contributed by atoms with Crippen molar-refractivity contribution in [3.8, 4) is 28.8 Å². The number of aromatic nitrogens is 5. The number of oxazole rings is 1. The Labute approximate surface area is 219 Å². The second-order valence-electron chi connectivity index (χ2n) is 8.68. The van der Waals surface area contributed by atoms with Crippen LogP contribution in [0.25, 0.3) is 27.9 Å². The fraction of sp³-hybridized carbons (Fsp3) is 0.148. The van der Waals surface area contributed by atoms with E-state index in [-0.39, 0.29) is 12.4 Å². The summed E-state index contributed by atoms with van der Waals surface area (Å²) in [6.45, 7) is 0.214. The second kappa shape index (κ2) is 9.64. The van der Waals surface area contributed by atoms with Crippen molar-refractivity contribution in [1.82, 2.24) is 24.7 Å². The number of ether oxygens (including phenoxy) is 1. The van der Waals surface area contributed by atoms with Crippen LogP contribution in [0.3, 0.4) is 0 Å². The molecule has 0 N–H and O–H groups in total. The summed E-state index contributed by atoms with van der Waals surface area (Å²) in [6, 6.07) is 16.1. The van der Waals surface area contributed by atoms with E-state index in [0.29, 0.717) is 51.0 Å². The van der Waals surface area contributed by atoms with Crippen molar-refractivity contribution in [2.24, 2.45) is 5.92 Å². The average molecular weight is 554 g/mol.